The smallest absolute Gasteiger partial charge is 0.341 e. The monoisotopic (exact) mass is 296 g/mol. The number of Topliss-reactive ketones (excluding diaryl/α,β-unsaturated/α-hetero) is 1. The molecule has 0 saturated carbocycles. The summed E-state index contributed by atoms with van der Waals surface area (Å²) in [5, 5.41) is 0. The van der Waals surface area contributed by atoms with E-state index in [1.807, 2.05) is 13.8 Å². The predicted molar refractivity (Wildman–Crippen MR) is 77.5 cm³/mol. The van der Waals surface area contributed by atoms with Crippen molar-refractivity contribution in [3.8, 4) is 0 Å². The van der Waals surface area contributed by atoms with Gasteiger partial charge in [-0.1, -0.05) is 13.8 Å². The Balaban J connectivity index is 3.25. The number of carbonyl (C=O) groups is 3. The van der Waals surface area contributed by atoms with Gasteiger partial charge in [-0.15, -0.1) is 0 Å². The largest absolute Gasteiger partial charge is 0.468 e. The molecule has 0 fully saturated rings. The minimum atomic E-state index is -0.950. The molecular formula is C16H24O5. The van der Waals surface area contributed by atoms with Crippen LogP contribution >= 0.6 is 0 Å². The Bertz CT molecular complexity index is 481. The van der Waals surface area contributed by atoms with E-state index in [-0.39, 0.29) is 23.7 Å². The second-order valence-corrected chi connectivity index (χ2v) is 6.67. The summed E-state index contributed by atoms with van der Waals surface area (Å²) in [6.45, 7) is 8.93. The van der Waals surface area contributed by atoms with Gasteiger partial charge in [0.1, 0.15) is 5.60 Å². The lowest BCUT2D eigenvalue weighted by molar-refractivity contribution is -0.154. The zero-order valence-corrected chi connectivity index (χ0v) is 13.6. The first-order valence-electron chi connectivity index (χ1n) is 7.11. The summed E-state index contributed by atoms with van der Waals surface area (Å²) >= 11 is 0. The van der Waals surface area contributed by atoms with Gasteiger partial charge in [-0.05, 0) is 39.2 Å². The third-order valence-corrected chi connectivity index (χ3v) is 3.68. The Hall–Kier alpha value is -1.65. The van der Waals surface area contributed by atoms with Gasteiger partial charge in [-0.3, -0.25) is 9.59 Å². The quantitative estimate of drug-likeness (QED) is 0.591. The fourth-order valence-corrected chi connectivity index (χ4v) is 2.41. The molecule has 0 bridgehead atoms. The van der Waals surface area contributed by atoms with Gasteiger partial charge in [0, 0.05) is 6.42 Å². The zero-order chi connectivity index (χ0) is 16.4. The predicted octanol–water partition coefficient (Wildman–Crippen LogP) is 2.43. The Morgan fingerprint density at radius 3 is 2.29 bits per heavy atom. The van der Waals surface area contributed by atoms with Crippen molar-refractivity contribution in [2.45, 2.75) is 53.1 Å². The average molecular weight is 296 g/mol. The molecule has 1 unspecified atom stereocenters. The highest BCUT2D eigenvalue weighted by molar-refractivity contribution is 6.18. The molecule has 0 aromatic heterocycles. The molecule has 1 atom stereocenters. The van der Waals surface area contributed by atoms with E-state index in [1.165, 1.54) is 13.2 Å². The number of esters is 2. The first-order valence-corrected chi connectivity index (χ1v) is 7.11. The number of hydrogen-bond donors (Lipinski definition) is 0. The van der Waals surface area contributed by atoms with Gasteiger partial charge in [0.05, 0.1) is 18.1 Å². The first kappa shape index (κ1) is 17.4. The lowest BCUT2D eigenvalue weighted by atomic mass is 9.68. The summed E-state index contributed by atoms with van der Waals surface area (Å²) in [5.74, 6) is -1.48. The number of methoxy groups -OCH3 is 1. The maximum absolute atomic E-state index is 12.2. The summed E-state index contributed by atoms with van der Waals surface area (Å²) in [6.07, 6.45) is 1.93. The molecule has 5 nitrogen and oxygen atoms in total. The second kappa shape index (κ2) is 6.00. The van der Waals surface area contributed by atoms with Gasteiger partial charge < -0.3 is 9.47 Å². The lowest BCUT2D eigenvalue weighted by Crippen LogP contribution is -2.41. The molecule has 0 aromatic rings. The minimum absolute atomic E-state index is 0.0460. The van der Waals surface area contributed by atoms with Crippen LogP contribution in [0.2, 0.25) is 0 Å². The Labute approximate surface area is 125 Å². The fraction of sp³-hybridized carbons (Fsp3) is 0.688. The highest BCUT2D eigenvalue weighted by Crippen LogP contribution is 2.41. The van der Waals surface area contributed by atoms with Gasteiger partial charge >= 0.3 is 11.9 Å². The third-order valence-electron chi connectivity index (χ3n) is 3.68. The Morgan fingerprint density at radius 2 is 1.86 bits per heavy atom. The van der Waals surface area contributed by atoms with Crippen molar-refractivity contribution in [2.75, 3.05) is 7.11 Å². The van der Waals surface area contributed by atoms with Crippen molar-refractivity contribution in [3.05, 3.63) is 11.6 Å². The average Bonchev–Trinajstić information content (AvgIpc) is 2.36. The molecule has 0 saturated heterocycles. The van der Waals surface area contributed by atoms with Crippen molar-refractivity contribution >= 4 is 17.7 Å². The summed E-state index contributed by atoms with van der Waals surface area (Å²) in [5.41, 5.74) is -1.69. The van der Waals surface area contributed by atoms with Crippen LogP contribution in [0.3, 0.4) is 0 Å². The molecular weight excluding hydrogens is 272 g/mol. The molecule has 0 aliphatic heterocycles. The number of ether oxygens (including phenoxy) is 2. The van der Waals surface area contributed by atoms with E-state index < -0.39 is 23.0 Å². The number of ketones is 1. The van der Waals surface area contributed by atoms with Crippen LogP contribution in [-0.2, 0) is 23.9 Å². The van der Waals surface area contributed by atoms with E-state index in [0.717, 1.165) is 0 Å². The topological polar surface area (TPSA) is 69.7 Å². The van der Waals surface area contributed by atoms with E-state index in [0.29, 0.717) is 6.42 Å². The summed E-state index contributed by atoms with van der Waals surface area (Å²) in [6, 6.07) is 0. The van der Waals surface area contributed by atoms with E-state index in [2.05, 4.69) is 0 Å². The zero-order valence-electron chi connectivity index (χ0n) is 13.6. The summed E-state index contributed by atoms with van der Waals surface area (Å²) < 4.78 is 10.1. The normalized spacial score (nSPS) is 22.8. The minimum Gasteiger partial charge on any atom is -0.468 e. The Morgan fingerprint density at radius 1 is 1.29 bits per heavy atom. The molecule has 0 radical (unpaired) electrons. The molecule has 0 heterocycles. The highest BCUT2D eigenvalue weighted by Gasteiger charge is 2.46. The SMILES string of the molecule is COC(=O)C1(C(C)C)C=C(C(=O)OC(C)(C)C)C(=O)CC1. The molecule has 1 aliphatic carbocycles. The van der Waals surface area contributed by atoms with Crippen LogP contribution in [0, 0.1) is 11.3 Å². The van der Waals surface area contributed by atoms with Crippen molar-refractivity contribution in [1.29, 1.82) is 0 Å². The first-order chi connectivity index (χ1) is 9.53. The van der Waals surface area contributed by atoms with Gasteiger partial charge in [-0.2, -0.15) is 0 Å². The highest BCUT2D eigenvalue weighted by atomic mass is 16.6. The Kier molecular flexibility index (Phi) is 4.97. The summed E-state index contributed by atoms with van der Waals surface area (Å²) in [4.78, 5) is 36.4. The maximum atomic E-state index is 12.2. The van der Waals surface area contributed by atoms with E-state index >= 15 is 0 Å². The van der Waals surface area contributed by atoms with Crippen LogP contribution in [0.25, 0.3) is 0 Å². The molecule has 118 valence electrons. The lowest BCUT2D eigenvalue weighted by Gasteiger charge is -2.35. The van der Waals surface area contributed by atoms with Crippen LogP contribution in [0.5, 0.6) is 0 Å². The van der Waals surface area contributed by atoms with E-state index in [1.54, 1.807) is 20.8 Å². The van der Waals surface area contributed by atoms with Crippen LogP contribution in [0.1, 0.15) is 47.5 Å². The van der Waals surface area contributed by atoms with Crippen LogP contribution < -0.4 is 0 Å². The molecule has 0 amide bonds. The second-order valence-electron chi connectivity index (χ2n) is 6.67. The molecule has 0 N–H and O–H groups in total. The van der Waals surface area contributed by atoms with Crippen LogP contribution in [-0.4, -0.2) is 30.4 Å². The number of rotatable bonds is 3. The van der Waals surface area contributed by atoms with Crippen LogP contribution in [0.15, 0.2) is 11.6 Å². The van der Waals surface area contributed by atoms with Gasteiger partial charge in [0.25, 0.3) is 0 Å². The number of carbonyl (C=O) groups excluding carboxylic acids is 3. The van der Waals surface area contributed by atoms with Gasteiger partial charge in [0.15, 0.2) is 5.78 Å². The van der Waals surface area contributed by atoms with Crippen LogP contribution in [0.4, 0.5) is 0 Å². The third kappa shape index (κ3) is 3.71. The molecule has 5 heteroatoms. The summed E-state index contributed by atoms with van der Waals surface area (Å²) in [7, 11) is 1.31. The maximum Gasteiger partial charge on any atom is 0.341 e. The van der Waals surface area contributed by atoms with E-state index in [4.69, 9.17) is 9.47 Å². The van der Waals surface area contributed by atoms with Gasteiger partial charge in [-0.25, -0.2) is 4.79 Å². The molecule has 21 heavy (non-hydrogen) atoms. The molecule has 1 aliphatic rings. The van der Waals surface area contributed by atoms with E-state index in [9.17, 15) is 14.4 Å². The van der Waals surface area contributed by atoms with Crippen molar-refractivity contribution in [2.24, 2.45) is 11.3 Å². The number of hydrogen-bond acceptors (Lipinski definition) is 5. The fourth-order valence-electron chi connectivity index (χ4n) is 2.41. The molecule has 0 aromatic carbocycles. The molecule has 1 rings (SSSR count). The molecule has 0 spiro atoms. The van der Waals surface area contributed by atoms with Crippen molar-refractivity contribution < 1.29 is 23.9 Å². The van der Waals surface area contributed by atoms with Crippen molar-refractivity contribution in [3.63, 3.8) is 0 Å². The standard InChI is InChI=1S/C16H24O5/c1-10(2)16(14(19)20-6)8-7-12(17)11(9-16)13(18)21-15(3,4)5/h9-10H,7-8H2,1-6H3. The van der Waals surface area contributed by atoms with Crippen molar-refractivity contribution in [1.82, 2.24) is 0 Å². The van der Waals surface area contributed by atoms with Gasteiger partial charge in [0.2, 0.25) is 0 Å².